The Balaban J connectivity index is 1.85. The lowest BCUT2D eigenvalue weighted by Gasteiger charge is -1.93. The summed E-state index contributed by atoms with van der Waals surface area (Å²) in [4.78, 5) is 14.7. The number of nitro groups is 1. The van der Waals surface area contributed by atoms with Crippen LogP contribution in [0, 0.1) is 10.1 Å². The van der Waals surface area contributed by atoms with Gasteiger partial charge in [0.25, 0.3) is 5.69 Å². The molecule has 1 aliphatic carbocycles. The Kier molecular flexibility index (Phi) is 2.70. The van der Waals surface area contributed by atoms with Gasteiger partial charge in [-0.2, -0.15) is 0 Å². The summed E-state index contributed by atoms with van der Waals surface area (Å²) >= 11 is 0. The van der Waals surface area contributed by atoms with Crippen LogP contribution in [0.4, 0.5) is 11.4 Å². The second-order valence-corrected chi connectivity index (χ2v) is 4.75. The van der Waals surface area contributed by atoms with Crippen molar-refractivity contribution in [1.82, 2.24) is 0 Å². The average molecular weight is 242 g/mol. The lowest BCUT2D eigenvalue weighted by atomic mass is 10.2. The van der Waals surface area contributed by atoms with Crippen LogP contribution in [-0.4, -0.2) is 4.92 Å². The van der Waals surface area contributed by atoms with Crippen molar-refractivity contribution < 1.29 is 4.92 Å². The van der Waals surface area contributed by atoms with Crippen molar-refractivity contribution in [2.75, 3.05) is 0 Å². The molecule has 0 saturated carbocycles. The molecule has 2 aromatic carbocycles. The molecule has 0 bridgehead atoms. The number of fused-ring (bicyclic) bond motifs is 1. The molecular formula is C14H14N2O2. The van der Waals surface area contributed by atoms with Gasteiger partial charge in [0, 0.05) is 12.1 Å². The molecule has 0 radical (unpaired) electrons. The van der Waals surface area contributed by atoms with Crippen LogP contribution in [0.2, 0.25) is 0 Å². The van der Waals surface area contributed by atoms with Gasteiger partial charge in [-0.15, -0.1) is 0 Å². The first-order valence-corrected chi connectivity index (χ1v) is 6.31. The molecule has 0 atom stereocenters. The van der Waals surface area contributed by atoms with E-state index in [2.05, 4.69) is 4.99 Å². The van der Waals surface area contributed by atoms with Crippen molar-refractivity contribution in [3.05, 3.63) is 50.9 Å². The van der Waals surface area contributed by atoms with Gasteiger partial charge in [0.15, 0.2) is 0 Å². The Morgan fingerprint density at radius 2 is 1.61 bits per heavy atom. The average Bonchev–Trinajstić information content (AvgIpc) is 3.06. The second kappa shape index (κ2) is 4.37. The van der Waals surface area contributed by atoms with Gasteiger partial charge in [-0.1, -0.05) is 6.42 Å². The van der Waals surface area contributed by atoms with Gasteiger partial charge in [0.05, 0.1) is 16.0 Å². The van der Waals surface area contributed by atoms with Crippen molar-refractivity contribution in [1.29, 1.82) is 0 Å². The number of non-ortho nitro benzene ring substituents is 1. The van der Waals surface area contributed by atoms with Gasteiger partial charge in [0.2, 0.25) is 0 Å². The second-order valence-electron chi connectivity index (χ2n) is 4.75. The maximum atomic E-state index is 10.6. The zero-order valence-electron chi connectivity index (χ0n) is 10.1. The first-order valence-electron chi connectivity index (χ1n) is 6.31. The third kappa shape index (κ3) is 2.06. The number of nitrogens with zero attached hydrogens (tertiary/aromatic N) is 2. The molecule has 92 valence electrons. The normalized spacial score (nSPS) is 15.1. The van der Waals surface area contributed by atoms with E-state index in [1.807, 2.05) is 0 Å². The molecule has 0 aromatic heterocycles. The van der Waals surface area contributed by atoms with E-state index in [-0.39, 0.29) is 10.6 Å². The molecule has 3 rings (SSSR count). The zero-order chi connectivity index (χ0) is 12.5. The zero-order valence-corrected chi connectivity index (χ0v) is 10.1. The standard InChI is InChI=1S/C14H14N2O2/c17-16(18)11-8-6-10(7-9-11)15-14-12-4-2-1-3-5-13(12)14/h6-9H,1-5H2. The van der Waals surface area contributed by atoms with Crippen LogP contribution in [0.3, 0.4) is 0 Å². The molecule has 0 amide bonds. The lowest BCUT2D eigenvalue weighted by molar-refractivity contribution is -0.384. The molecule has 18 heavy (non-hydrogen) atoms. The quantitative estimate of drug-likeness (QED) is 0.462. The van der Waals surface area contributed by atoms with Crippen LogP contribution in [-0.2, 0) is 12.8 Å². The number of rotatable bonds is 2. The molecule has 4 heteroatoms. The van der Waals surface area contributed by atoms with Gasteiger partial charge in [-0.3, -0.25) is 10.1 Å². The van der Waals surface area contributed by atoms with Gasteiger partial charge in [-0.05, 0) is 48.9 Å². The highest BCUT2D eigenvalue weighted by Crippen LogP contribution is 2.24. The van der Waals surface area contributed by atoms with Gasteiger partial charge < -0.3 is 0 Å². The third-order valence-electron chi connectivity index (χ3n) is 3.53. The molecule has 0 unspecified atom stereocenters. The van der Waals surface area contributed by atoms with Crippen molar-refractivity contribution in [3.63, 3.8) is 0 Å². The van der Waals surface area contributed by atoms with Gasteiger partial charge in [-0.25, -0.2) is 4.99 Å². The summed E-state index contributed by atoms with van der Waals surface area (Å²) in [6.45, 7) is 0. The number of nitro benzene ring substituents is 1. The van der Waals surface area contributed by atoms with Crippen LogP contribution < -0.4 is 5.36 Å². The molecule has 0 aliphatic heterocycles. The Labute approximate surface area is 105 Å². The molecule has 0 heterocycles. The summed E-state index contributed by atoms with van der Waals surface area (Å²) < 4.78 is 0. The number of benzene rings is 1. The van der Waals surface area contributed by atoms with E-state index < -0.39 is 0 Å². The maximum absolute atomic E-state index is 10.6. The third-order valence-corrected chi connectivity index (χ3v) is 3.53. The maximum Gasteiger partial charge on any atom is 0.269 e. The van der Waals surface area contributed by atoms with Crippen molar-refractivity contribution in [2.45, 2.75) is 32.1 Å². The van der Waals surface area contributed by atoms with Gasteiger partial charge in [0.1, 0.15) is 0 Å². The van der Waals surface area contributed by atoms with Crippen LogP contribution >= 0.6 is 0 Å². The van der Waals surface area contributed by atoms with E-state index in [1.54, 1.807) is 12.1 Å². The number of hydrogen-bond acceptors (Lipinski definition) is 3. The van der Waals surface area contributed by atoms with Crippen molar-refractivity contribution >= 4 is 11.4 Å². The monoisotopic (exact) mass is 242 g/mol. The first-order chi connectivity index (χ1) is 8.75. The molecule has 0 spiro atoms. The topological polar surface area (TPSA) is 55.5 Å². The fourth-order valence-electron chi connectivity index (χ4n) is 2.49. The Bertz CT molecular complexity index is 583. The fraction of sp³-hybridized carbons (Fsp3) is 0.357. The highest BCUT2D eigenvalue weighted by atomic mass is 16.6. The highest BCUT2D eigenvalue weighted by molar-refractivity contribution is 5.48. The van der Waals surface area contributed by atoms with E-state index in [1.165, 1.54) is 42.5 Å². The molecule has 0 fully saturated rings. The molecule has 1 aliphatic rings. The summed E-state index contributed by atoms with van der Waals surface area (Å²) in [6, 6.07) is 6.44. The Morgan fingerprint density at radius 3 is 2.17 bits per heavy atom. The summed E-state index contributed by atoms with van der Waals surface area (Å²) in [5.74, 6) is 0. The molecule has 0 N–H and O–H groups in total. The summed E-state index contributed by atoms with van der Waals surface area (Å²) in [5.41, 5.74) is 3.80. The Morgan fingerprint density at radius 1 is 1.00 bits per heavy atom. The lowest BCUT2D eigenvalue weighted by Crippen LogP contribution is -1.92. The van der Waals surface area contributed by atoms with Crippen LogP contribution in [0.1, 0.15) is 30.4 Å². The van der Waals surface area contributed by atoms with Crippen molar-refractivity contribution in [3.8, 4) is 0 Å². The van der Waals surface area contributed by atoms with E-state index in [0.717, 1.165) is 23.9 Å². The smallest absolute Gasteiger partial charge is 0.258 e. The Hall–Kier alpha value is -1.97. The summed E-state index contributed by atoms with van der Waals surface area (Å²) in [5, 5.41) is 11.7. The van der Waals surface area contributed by atoms with E-state index >= 15 is 0 Å². The summed E-state index contributed by atoms with van der Waals surface area (Å²) in [6.07, 6.45) is 6.15. The highest BCUT2D eigenvalue weighted by Gasteiger charge is 2.21. The molecule has 2 aromatic rings. The van der Waals surface area contributed by atoms with Crippen LogP contribution in [0.15, 0.2) is 29.3 Å². The minimum atomic E-state index is -0.387. The minimum Gasteiger partial charge on any atom is -0.258 e. The predicted molar refractivity (Wildman–Crippen MR) is 68.4 cm³/mol. The molecule has 4 nitrogen and oxygen atoms in total. The van der Waals surface area contributed by atoms with Crippen LogP contribution in [0.25, 0.3) is 0 Å². The largest absolute Gasteiger partial charge is 0.269 e. The van der Waals surface area contributed by atoms with E-state index in [0.29, 0.717) is 0 Å². The van der Waals surface area contributed by atoms with Crippen LogP contribution in [0.5, 0.6) is 0 Å². The predicted octanol–water partition coefficient (Wildman–Crippen LogP) is 2.97. The SMILES string of the molecule is O=[N+]([O-])c1ccc(N=c2c3c2CCCCC3)cc1. The minimum absolute atomic E-state index is 0.115. The number of hydrogen-bond donors (Lipinski definition) is 0. The molecular weight excluding hydrogens is 228 g/mol. The first kappa shape index (κ1) is 11.1. The van der Waals surface area contributed by atoms with E-state index in [9.17, 15) is 10.1 Å². The van der Waals surface area contributed by atoms with Gasteiger partial charge >= 0.3 is 0 Å². The summed E-state index contributed by atoms with van der Waals surface area (Å²) in [7, 11) is 0. The van der Waals surface area contributed by atoms with Crippen molar-refractivity contribution in [2.24, 2.45) is 4.99 Å². The fourth-order valence-corrected chi connectivity index (χ4v) is 2.49. The van der Waals surface area contributed by atoms with E-state index in [4.69, 9.17) is 0 Å². The molecule has 0 saturated heterocycles.